The normalized spacial score (nSPS) is 12.8. The van der Waals surface area contributed by atoms with Gasteiger partial charge < -0.3 is 20.7 Å². The maximum Gasteiger partial charge on any atom is 0.407 e. The van der Waals surface area contributed by atoms with Crippen molar-refractivity contribution in [2.45, 2.75) is 53.1 Å². The number of ether oxygens (including phenoxy) is 1. The molecule has 0 aromatic heterocycles. The molecule has 10 heteroatoms. The van der Waals surface area contributed by atoms with Crippen molar-refractivity contribution in [1.29, 1.82) is 0 Å². The van der Waals surface area contributed by atoms with Gasteiger partial charge in [0, 0.05) is 39.8 Å². The molecular weight excluding hydrogens is 370 g/mol. The summed E-state index contributed by atoms with van der Waals surface area (Å²) in [6, 6.07) is 0. The molecule has 0 bridgehead atoms. The third kappa shape index (κ3) is 13.3. The third-order valence-corrected chi connectivity index (χ3v) is 5.26. The number of rotatable bonds is 11. The van der Waals surface area contributed by atoms with E-state index in [4.69, 9.17) is 4.74 Å². The molecule has 9 nitrogen and oxygen atoms in total. The Labute approximate surface area is 164 Å². The molecule has 0 aliphatic heterocycles. The van der Waals surface area contributed by atoms with E-state index in [9.17, 15) is 13.2 Å². The van der Waals surface area contributed by atoms with Crippen LogP contribution in [0.3, 0.4) is 0 Å². The molecule has 0 aliphatic rings. The summed E-state index contributed by atoms with van der Waals surface area (Å²) in [4.78, 5) is 16.0. The summed E-state index contributed by atoms with van der Waals surface area (Å²) < 4.78 is 29.9. The zero-order valence-corrected chi connectivity index (χ0v) is 18.4. The summed E-state index contributed by atoms with van der Waals surface area (Å²) >= 11 is 0. The fourth-order valence-corrected chi connectivity index (χ4v) is 2.83. The molecular formula is C17H37N5O4S. The van der Waals surface area contributed by atoms with Crippen molar-refractivity contribution in [2.75, 3.05) is 45.5 Å². The van der Waals surface area contributed by atoms with Gasteiger partial charge in [0.2, 0.25) is 10.0 Å². The summed E-state index contributed by atoms with van der Waals surface area (Å²) in [5.74, 6) is 0.786. The van der Waals surface area contributed by atoms with Crippen molar-refractivity contribution in [1.82, 2.24) is 20.3 Å². The first-order chi connectivity index (χ1) is 12.5. The van der Waals surface area contributed by atoms with Crippen molar-refractivity contribution in [3.05, 3.63) is 0 Å². The molecule has 0 aromatic carbocycles. The van der Waals surface area contributed by atoms with E-state index in [2.05, 4.69) is 20.9 Å². The number of carbonyl (C=O) groups is 1. The summed E-state index contributed by atoms with van der Waals surface area (Å²) in [5, 5.41) is 9.02. The van der Waals surface area contributed by atoms with E-state index in [1.165, 1.54) is 4.31 Å². The van der Waals surface area contributed by atoms with Gasteiger partial charge in [-0.1, -0.05) is 0 Å². The van der Waals surface area contributed by atoms with Crippen LogP contribution in [0.5, 0.6) is 0 Å². The fraction of sp³-hybridized carbons (Fsp3) is 0.882. The Morgan fingerprint density at radius 1 is 1.07 bits per heavy atom. The maximum atomic E-state index is 11.7. The number of amides is 1. The minimum atomic E-state index is -3.13. The second-order valence-electron chi connectivity index (χ2n) is 7.05. The molecule has 0 aliphatic carbocycles. The Hall–Kier alpha value is -1.55. The predicted molar refractivity (Wildman–Crippen MR) is 110 cm³/mol. The van der Waals surface area contributed by atoms with Gasteiger partial charge in [-0.3, -0.25) is 4.99 Å². The van der Waals surface area contributed by atoms with Crippen LogP contribution < -0.4 is 16.0 Å². The van der Waals surface area contributed by atoms with Gasteiger partial charge in [0.1, 0.15) is 5.60 Å². The van der Waals surface area contributed by atoms with Crippen molar-refractivity contribution >= 4 is 22.1 Å². The average Bonchev–Trinajstić information content (AvgIpc) is 2.56. The molecule has 0 atom stereocenters. The molecule has 27 heavy (non-hydrogen) atoms. The number of guanidine groups is 1. The van der Waals surface area contributed by atoms with E-state index in [0.717, 1.165) is 6.54 Å². The Morgan fingerprint density at radius 2 is 1.70 bits per heavy atom. The highest BCUT2D eigenvalue weighted by Crippen LogP contribution is 2.06. The number of hydrogen-bond donors (Lipinski definition) is 3. The Kier molecular flexibility index (Phi) is 12.0. The molecule has 0 fully saturated rings. The fourth-order valence-electron chi connectivity index (χ4n) is 1.98. The Balaban J connectivity index is 4.12. The second kappa shape index (κ2) is 12.8. The first-order valence-electron chi connectivity index (χ1n) is 9.45. The number of alkyl carbamates (subject to hydrolysis) is 1. The van der Waals surface area contributed by atoms with Gasteiger partial charge in [0.15, 0.2) is 5.96 Å². The Morgan fingerprint density at radius 3 is 2.26 bits per heavy atom. The van der Waals surface area contributed by atoms with Crippen LogP contribution in [-0.4, -0.2) is 75.9 Å². The van der Waals surface area contributed by atoms with Crippen molar-refractivity contribution < 1.29 is 17.9 Å². The van der Waals surface area contributed by atoms with Gasteiger partial charge in [-0.15, -0.1) is 0 Å². The van der Waals surface area contributed by atoms with Crippen molar-refractivity contribution in [3.8, 4) is 0 Å². The lowest BCUT2D eigenvalue weighted by atomic mass is 10.2. The molecule has 0 saturated carbocycles. The molecule has 0 unspecified atom stereocenters. The lowest BCUT2D eigenvalue weighted by Gasteiger charge is -2.19. The van der Waals surface area contributed by atoms with Crippen molar-refractivity contribution in [3.63, 3.8) is 0 Å². The minimum Gasteiger partial charge on any atom is -0.444 e. The van der Waals surface area contributed by atoms with Gasteiger partial charge in [-0.05, 0) is 47.5 Å². The van der Waals surface area contributed by atoms with Gasteiger partial charge in [0.05, 0.1) is 5.75 Å². The number of carbonyl (C=O) groups excluding carboxylic acids is 1. The highest BCUT2D eigenvalue weighted by molar-refractivity contribution is 7.89. The van der Waals surface area contributed by atoms with Crippen LogP contribution in [0.15, 0.2) is 4.99 Å². The smallest absolute Gasteiger partial charge is 0.407 e. The first-order valence-corrected chi connectivity index (χ1v) is 11.1. The monoisotopic (exact) mass is 407 g/mol. The molecule has 0 saturated heterocycles. The number of nitrogens with one attached hydrogen (secondary N) is 3. The van der Waals surface area contributed by atoms with Gasteiger partial charge >= 0.3 is 6.09 Å². The van der Waals surface area contributed by atoms with Crippen LogP contribution in [0.25, 0.3) is 0 Å². The highest BCUT2D eigenvalue weighted by Gasteiger charge is 2.15. The van der Waals surface area contributed by atoms with Crippen LogP contribution in [0.1, 0.15) is 47.5 Å². The quantitative estimate of drug-likeness (QED) is 0.269. The van der Waals surface area contributed by atoms with Crippen LogP contribution in [-0.2, 0) is 14.8 Å². The summed E-state index contributed by atoms with van der Waals surface area (Å²) in [5.41, 5.74) is -0.505. The van der Waals surface area contributed by atoms with Crippen LogP contribution in [0.2, 0.25) is 0 Å². The lowest BCUT2D eigenvalue weighted by Crippen LogP contribution is -2.39. The zero-order valence-electron chi connectivity index (χ0n) is 17.6. The van der Waals surface area contributed by atoms with Crippen LogP contribution in [0.4, 0.5) is 4.79 Å². The summed E-state index contributed by atoms with van der Waals surface area (Å²) in [7, 11) is -1.54. The minimum absolute atomic E-state index is 0.109. The Bertz CT molecular complexity index is 558. The standard InChI is InChI=1S/C17H37N5O4S/c1-7-18-15(20-13-10-14-22(6)27(24,25)8-2)19-11-9-12-21-16(23)26-17(3,4)5/h7-14H2,1-6H3,(H,21,23)(H2,18,19,20). The van der Waals surface area contributed by atoms with E-state index in [1.807, 2.05) is 27.7 Å². The lowest BCUT2D eigenvalue weighted by molar-refractivity contribution is 0.0527. The SMILES string of the molecule is CCNC(=NCCCNC(=O)OC(C)(C)C)NCCCN(C)S(=O)(=O)CC. The maximum absolute atomic E-state index is 11.7. The van der Waals surface area contributed by atoms with E-state index < -0.39 is 21.7 Å². The zero-order chi connectivity index (χ0) is 20.9. The molecule has 0 heterocycles. The highest BCUT2D eigenvalue weighted by atomic mass is 32.2. The molecule has 160 valence electrons. The van der Waals surface area contributed by atoms with E-state index in [1.54, 1.807) is 14.0 Å². The molecule has 1 amide bonds. The van der Waals surface area contributed by atoms with Crippen LogP contribution >= 0.6 is 0 Å². The topological polar surface area (TPSA) is 112 Å². The second-order valence-corrected chi connectivity index (χ2v) is 9.41. The molecule has 0 rings (SSSR count). The predicted octanol–water partition coefficient (Wildman–Crippen LogP) is 1.13. The summed E-state index contributed by atoms with van der Waals surface area (Å²) in [6.07, 6.45) is 0.941. The number of sulfonamides is 1. The van der Waals surface area contributed by atoms with Gasteiger partial charge in [0.25, 0.3) is 0 Å². The van der Waals surface area contributed by atoms with E-state index in [-0.39, 0.29) is 5.75 Å². The van der Waals surface area contributed by atoms with Gasteiger partial charge in [-0.25, -0.2) is 17.5 Å². The number of aliphatic imine (C=N–C) groups is 1. The van der Waals surface area contributed by atoms with Gasteiger partial charge in [-0.2, -0.15) is 0 Å². The molecule has 0 spiro atoms. The number of nitrogens with zero attached hydrogens (tertiary/aromatic N) is 2. The first kappa shape index (κ1) is 25.4. The van der Waals surface area contributed by atoms with Crippen LogP contribution in [0, 0.1) is 0 Å². The largest absolute Gasteiger partial charge is 0.444 e. The van der Waals surface area contributed by atoms with E-state index in [0.29, 0.717) is 45.0 Å². The number of hydrogen-bond acceptors (Lipinski definition) is 5. The van der Waals surface area contributed by atoms with E-state index >= 15 is 0 Å². The summed E-state index contributed by atoms with van der Waals surface area (Å²) in [6.45, 7) is 11.9. The van der Waals surface area contributed by atoms with Crippen molar-refractivity contribution in [2.24, 2.45) is 4.99 Å². The molecule has 3 N–H and O–H groups in total. The molecule has 0 aromatic rings. The third-order valence-electron chi connectivity index (χ3n) is 3.40. The average molecular weight is 408 g/mol. The molecule has 0 radical (unpaired) electrons.